The standard InChI is InChI=1S/C21H26FN5/c1-16-7-8-23-21(25-16)27-12-10-26(11-13-27)9-3-2-4-17-15-24-20-6-5-18(22)14-19(17)20/h5-8,14-15,24H,2-4,9-13H2,1H3. The third-order valence-corrected chi connectivity index (χ3v) is 5.34. The second-order valence-corrected chi connectivity index (χ2v) is 7.29. The van der Waals surface area contributed by atoms with Gasteiger partial charge in [-0.2, -0.15) is 0 Å². The zero-order chi connectivity index (χ0) is 18.6. The fourth-order valence-corrected chi connectivity index (χ4v) is 3.77. The van der Waals surface area contributed by atoms with Crippen molar-refractivity contribution in [2.75, 3.05) is 37.6 Å². The van der Waals surface area contributed by atoms with E-state index in [9.17, 15) is 4.39 Å². The highest BCUT2D eigenvalue weighted by atomic mass is 19.1. The van der Waals surface area contributed by atoms with Gasteiger partial charge in [0.25, 0.3) is 0 Å². The van der Waals surface area contributed by atoms with Gasteiger partial charge in [-0.25, -0.2) is 14.4 Å². The van der Waals surface area contributed by atoms with E-state index in [0.29, 0.717) is 0 Å². The SMILES string of the molecule is Cc1ccnc(N2CCN(CCCCc3c[nH]c4ccc(F)cc34)CC2)n1. The van der Waals surface area contributed by atoms with Gasteiger partial charge in [0.1, 0.15) is 5.82 Å². The van der Waals surface area contributed by atoms with Crippen LogP contribution in [-0.2, 0) is 6.42 Å². The van der Waals surface area contributed by atoms with Crippen molar-refractivity contribution in [3.05, 3.63) is 53.7 Å². The Morgan fingerprint density at radius 3 is 2.78 bits per heavy atom. The molecule has 1 fully saturated rings. The van der Waals surface area contributed by atoms with Crippen molar-refractivity contribution in [3.63, 3.8) is 0 Å². The number of hydrogen-bond donors (Lipinski definition) is 1. The van der Waals surface area contributed by atoms with E-state index in [1.165, 1.54) is 11.6 Å². The summed E-state index contributed by atoms with van der Waals surface area (Å²) in [4.78, 5) is 16.9. The number of halogens is 1. The predicted octanol–water partition coefficient (Wildman–Crippen LogP) is 3.55. The van der Waals surface area contributed by atoms with Gasteiger partial charge in [0.2, 0.25) is 5.95 Å². The van der Waals surface area contributed by atoms with E-state index < -0.39 is 0 Å². The summed E-state index contributed by atoms with van der Waals surface area (Å²) < 4.78 is 13.5. The van der Waals surface area contributed by atoms with Crippen molar-refractivity contribution in [1.82, 2.24) is 19.9 Å². The highest BCUT2D eigenvalue weighted by Crippen LogP contribution is 2.21. The number of anilines is 1. The number of rotatable bonds is 6. The lowest BCUT2D eigenvalue weighted by atomic mass is 10.1. The third kappa shape index (κ3) is 4.27. The molecule has 0 aliphatic carbocycles. The van der Waals surface area contributed by atoms with Gasteiger partial charge in [0, 0.05) is 55.2 Å². The maximum absolute atomic E-state index is 13.5. The fourth-order valence-electron chi connectivity index (χ4n) is 3.77. The first-order valence-electron chi connectivity index (χ1n) is 9.71. The molecule has 1 aromatic carbocycles. The molecule has 3 heterocycles. The van der Waals surface area contributed by atoms with Crippen LogP contribution in [0, 0.1) is 12.7 Å². The summed E-state index contributed by atoms with van der Waals surface area (Å²) in [6.45, 7) is 7.17. The maximum Gasteiger partial charge on any atom is 0.225 e. The molecule has 3 aromatic rings. The number of piperazine rings is 1. The Balaban J connectivity index is 1.22. The number of aromatic nitrogens is 3. The Bertz CT molecular complexity index is 898. The van der Waals surface area contributed by atoms with Crippen LogP contribution >= 0.6 is 0 Å². The van der Waals surface area contributed by atoms with Crippen molar-refractivity contribution in [2.45, 2.75) is 26.2 Å². The van der Waals surface area contributed by atoms with E-state index in [1.54, 1.807) is 6.07 Å². The van der Waals surface area contributed by atoms with Gasteiger partial charge in [0.15, 0.2) is 0 Å². The van der Waals surface area contributed by atoms with Crippen LogP contribution in [0.1, 0.15) is 24.1 Å². The number of unbranched alkanes of at least 4 members (excludes halogenated alkanes) is 1. The van der Waals surface area contributed by atoms with E-state index in [4.69, 9.17) is 0 Å². The quantitative estimate of drug-likeness (QED) is 0.677. The van der Waals surface area contributed by atoms with Gasteiger partial charge in [-0.05, 0) is 62.6 Å². The Morgan fingerprint density at radius 2 is 1.96 bits per heavy atom. The molecule has 2 aromatic heterocycles. The molecule has 0 amide bonds. The van der Waals surface area contributed by atoms with Crippen LogP contribution in [0.2, 0.25) is 0 Å². The predicted molar refractivity (Wildman–Crippen MR) is 107 cm³/mol. The van der Waals surface area contributed by atoms with Gasteiger partial charge in [-0.15, -0.1) is 0 Å². The van der Waals surface area contributed by atoms with Crippen molar-refractivity contribution >= 4 is 16.9 Å². The average Bonchev–Trinajstić information content (AvgIpc) is 3.08. The highest BCUT2D eigenvalue weighted by molar-refractivity contribution is 5.83. The molecule has 0 atom stereocenters. The number of aryl methyl sites for hydroxylation is 2. The van der Waals surface area contributed by atoms with Crippen LogP contribution in [0.5, 0.6) is 0 Å². The van der Waals surface area contributed by atoms with Gasteiger partial charge < -0.3 is 9.88 Å². The molecule has 1 N–H and O–H groups in total. The number of fused-ring (bicyclic) bond motifs is 1. The minimum atomic E-state index is -0.168. The van der Waals surface area contributed by atoms with Gasteiger partial charge >= 0.3 is 0 Å². The summed E-state index contributed by atoms with van der Waals surface area (Å²) in [5.41, 5.74) is 3.24. The van der Waals surface area contributed by atoms with Gasteiger partial charge in [-0.3, -0.25) is 4.90 Å². The van der Waals surface area contributed by atoms with Crippen LogP contribution < -0.4 is 4.90 Å². The molecule has 1 aliphatic rings. The molecule has 6 heteroatoms. The van der Waals surface area contributed by atoms with Gasteiger partial charge in [-0.1, -0.05) is 0 Å². The summed E-state index contributed by atoms with van der Waals surface area (Å²) >= 11 is 0. The van der Waals surface area contributed by atoms with Crippen LogP contribution in [0.25, 0.3) is 10.9 Å². The van der Waals surface area contributed by atoms with E-state index >= 15 is 0 Å². The Labute approximate surface area is 159 Å². The second-order valence-electron chi connectivity index (χ2n) is 7.29. The van der Waals surface area contributed by atoms with Crippen molar-refractivity contribution in [2.24, 2.45) is 0 Å². The minimum Gasteiger partial charge on any atom is -0.361 e. The molecule has 0 saturated carbocycles. The summed E-state index contributed by atoms with van der Waals surface area (Å²) in [6, 6.07) is 6.88. The lowest BCUT2D eigenvalue weighted by Crippen LogP contribution is -2.47. The van der Waals surface area contributed by atoms with Crippen LogP contribution in [0.3, 0.4) is 0 Å². The minimum absolute atomic E-state index is 0.168. The average molecular weight is 367 g/mol. The van der Waals surface area contributed by atoms with E-state index in [1.807, 2.05) is 31.5 Å². The van der Waals surface area contributed by atoms with Crippen molar-refractivity contribution in [1.29, 1.82) is 0 Å². The molecule has 0 bridgehead atoms. The smallest absolute Gasteiger partial charge is 0.225 e. The zero-order valence-corrected chi connectivity index (χ0v) is 15.8. The van der Waals surface area contributed by atoms with Crippen LogP contribution in [0.15, 0.2) is 36.7 Å². The summed E-state index contributed by atoms with van der Waals surface area (Å²) in [6.07, 6.45) is 7.11. The monoisotopic (exact) mass is 367 g/mol. The molecule has 0 unspecified atom stereocenters. The Hall–Kier alpha value is -2.47. The number of nitrogens with one attached hydrogen (secondary N) is 1. The van der Waals surface area contributed by atoms with Crippen LogP contribution in [-0.4, -0.2) is 52.6 Å². The summed E-state index contributed by atoms with van der Waals surface area (Å²) in [7, 11) is 0. The number of aromatic amines is 1. The molecule has 1 aliphatic heterocycles. The van der Waals surface area contributed by atoms with Crippen LogP contribution in [0.4, 0.5) is 10.3 Å². The number of H-pyrrole nitrogens is 1. The summed E-state index contributed by atoms with van der Waals surface area (Å²) in [5, 5.41) is 1.02. The lowest BCUT2D eigenvalue weighted by Gasteiger charge is -2.34. The summed E-state index contributed by atoms with van der Waals surface area (Å²) in [5.74, 6) is 0.681. The first-order valence-corrected chi connectivity index (χ1v) is 9.71. The first-order chi connectivity index (χ1) is 13.2. The van der Waals surface area contributed by atoms with Crippen molar-refractivity contribution < 1.29 is 4.39 Å². The molecule has 5 nitrogen and oxygen atoms in total. The molecule has 27 heavy (non-hydrogen) atoms. The normalized spacial score (nSPS) is 15.6. The molecule has 1 saturated heterocycles. The highest BCUT2D eigenvalue weighted by Gasteiger charge is 2.18. The van der Waals surface area contributed by atoms with E-state index in [-0.39, 0.29) is 5.82 Å². The number of hydrogen-bond acceptors (Lipinski definition) is 4. The first kappa shape index (κ1) is 17.9. The molecular weight excluding hydrogens is 341 g/mol. The van der Waals surface area contributed by atoms with E-state index in [0.717, 1.165) is 74.5 Å². The Kier molecular flexibility index (Phi) is 5.34. The lowest BCUT2D eigenvalue weighted by molar-refractivity contribution is 0.252. The number of nitrogens with zero attached hydrogens (tertiary/aromatic N) is 4. The molecular formula is C21H26FN5. The molecule has 0 radical (unpaired) electrons. The maximum atomic E-state index is 13.5. The molecule has 142 valence electrons. The van der Waals surface area contributed by atoms with Crippen molar-refractivity contribution in [3.8, 4) is 0 Å². The number of benzene rings is 1. The molecule has 0 spiro atoms. The topological polar surface area (TPSA) is 48.1 Å². The van der Waals surface area contributed by atoms with E-state index in [2.05, 4.69) is 24.8 Å². The zero-order valence-electron chi connectivity index (χ0n) is 15.8. The third-order valence-electron chi connectivity index (χ3n) is 5.34. The second kappa shape index (κ2) is 8.05. The largest absolute Gasteiger partial charge is 0.361 e. The fraction of sp³-hybridized carbons (Fsp3) is 0.429. The Morgan fingerprint density at radius 1 is 1.11 bits per heavy atom. The molecule has 4 rings (SSSR count). The van der Waals surface area contributed by atoms with Gasteiger partial charge in [0.05, 0.1) is 0 Å².